The molecule has 0 atom stereocenters. The molecule has 94 valence electrons. The highest BCUT2D eigenvalue weighted by molar-refractivity contribution is 5.41. The second-order valence-corrected chi connectivity index (χ2v) is 5.04. The predicted octanol–water partition coefficient (Wildman–Crippen LogP) is 2.72. The molecule has 0 aliphatic heterocycles. The van der Waals surface area contributed by atoms with E-state index in [4.69, 9.17) is 5.73 Å². The molecule has 1 aliphatic rings. The van der Waals surface area contributed by atoms with Crippen LogP contribution in [-0.4, -0.2) is 16.8 Å². The van der Waals surface area contributed by atoms with E-state index in [-0.39, 0.29) is 11.5 Å². The minimum Gasteiger partial charge on any atom is -0.508 e. The molecular formula is C14H21NO2. The van der Waals surface area contributed by atoms with E-state index in [1.807, 2.05) is 6.07 Å². The van der Waals surface area contributed by atoms with Crippen molar-refractivity contribution in [2.24, 2.45) is 11.7 Å². The van der Waals surface area contributed by atoms with Crippen molar-refractivity contribution in [2.75, 3.05) is 6.54 Å². The number of nitrogens with two attached hydrogens (primary N) is 1. The lowest BCUT2D eigenvalue weighted by atomic mass is 9.77. The Morgan fingerprint density at radius 2 is 1.82 bits per heavy atom. The summed E-state index contributed by atoms with van der Waals surface area (Å²) in [7, 11) is 0. The minimum atomic E-state index is 0.128. The summed E-state index contributed by atoms with van der Waals surface area (Å²) < 4.78 is 0. The molecule has 3 heteroatoms. The van der Waals surface area contributed by atoms with Crippen LogP contribution in [0.5, 0.6) is 11.5 Å². The second kappa shape index (κ2) is 5.41. The van der Waals surface area contributed by atoms with E-state index in [0.717, 1.165) is 37.3 Å². The zero-order valence-electron chi connectivity index (χ0n) is 10.1. The third-order valence-electron chi connectivity index (χ3n) is 3.88. The van der Waals surface area contributed by atoms with Crippen molar-refractivity contribution in [1.82, 2.24) is 0 Å². The third kappa shape index (κ3) is 2.91. The van der Waals surface area contributed by atoms with Crippen molar-refractivity contribution < 1.29 is 10.2 Å². The molecule has 3 nitrogen and oxygen atoms in total. The molecule has 17 heavy (non-hydrogen) atoms. The van der Waals surface area contributed by atoms with Crippen LogP contribution in [0.2, 0.25) is 0 Å². The average Bonchev–Trinajstić information content (AvgIpc) is 2.31. The zero-order chi connectivity index (χ0) is 12.3. The lowest BCUT2D eigenvalue weighted by molar-refractivity contribution is 0.308. The van der Waals surface area contributed by atoms with Crippen molar-refractivity contribution in [3.8, 4) is 11.5 Å². The highest BCUT2D eigenvalue weighted by Gasteiger charge is 2.23. The topological polar surface area (TPSA) is 66.5 Å². The molecule has 1 aliphatic carbocycles. The lowest BCUT2D eigenvalue weighted by Crippen LogP contribution is -2.16. The Morgan fingerprint density at radius 1 is 1.12 bits per heavy atom. The molecule has 0 amide bonds. The first-order chi connectivity index (χ1) is 8.20. The van der Waals surface area contributed by atoms with Crippen LogP contribution in [0.15, 0.2) is 18.2 Å². The molecule has 0 spiro atoms. The van der Waals surface area contributed by atoms with Gasteiger partial charge in [0.15, 0.2) is 0 Å². The Hall–Kier alpha value is -1.22. The first kappa shape index (κ1) is 12.2. The van der Waals surface area contributed by atoms with Gasteiger partial charge in [-0.15, -0.1) is 0 Å². The quantitative estimate of drug-likeness (QED) is 0.754. The van der Waals surface area contributed by atoms with Crippen LogP contribution < -0.4 is 5.73 Å². The van der Waals surface area contributed by atoms with Gasteiger partial charge in [0.25, 0.3) is 0 Å². The van der Waals surface area contributed by atoms with E-state index in [1.54, 1.807) is 6.07 Å². The third-order valence-corrected chi connectivity index (χ3v) is 3.88. The monoisotopic (exact) mass is 235 g/mol. The summed E-state index contributed by atoms with van der Waals surface area (Å²) in [6.07, 6.45) is 5.74. The summed E-state index contributed by atoms with van der Waals surface area (Å²) >= 11 is 0. The maximum absolute atomic E-state index is 9.83. The fourth-order valence-electron chi connectivity index (χ4n) is 2.88. The fourth-order valence-corrected chi connectivity index (χ4v) is 2.88. The Balaban J connectivity index is 2.00. The lowest BCUT2D eigenvalue weighted by Gasteiger charge is -2.28. The molecule has 0 bridgehead atoms. The van der Waals surface area contributed by atoms with Crippen LogP contribution in [0.4, 0.5) is 0 Å². The van der Waals surface area contributed by atoms with Crippen LogP contribution in [0.3, 0.4) is 0 Å². The Bertz CT molecular complexity index is 370. The molecule has 1 saturated carbocycles. The molecule has 1 aromatic rings. The number of rotatable bonds is 3. The summed E-state index contributed by atoms with van der Waals surface area (Å²) in [6, 6.07) is 4.93. The summed E-state index contributed by atoms with van der Waals surface area (Å²) in [5.74, 6) is 1.55. The van der Waals surface area contributed by atoms with Crippen LogP contribution in [0.25, 0.3) is 0 Å². The van der Waals surface area contributed by atoms with Crippen molar-refractivity contribution in [3.05, 3.63) is 23.8 Å². The van der Waals surface area contributed by atoms with Crippen molar-refractivity contribution in [1.29, 1.82) is 0 Å². The van der Waals surface area contributed by atoms with Gasteiger partial charge in [-0.1, -0.05) is 6.07 Å². The molecule has 2 rings (SSSR count). The van der Waals surface area contributed by atoms with E-state index < -0.39 is 0 Å². The number of benzene rings is 1. The largest absolute Gasteiger partial charge is 0.508 e. The number of aromatic hydroxyl groups is 2. The van der Waals surface area contributed by atoms with Gasteiger partial charge in [0.05, 0.1) is 0 Å². The van der Waals surface area contributed by atoms with Crippen LogP contribution in [-0.2, 0) is 0 Å². The predicted molar refractivity (Wildman–Crippen MR) is 68.1 cm³/mol. The maximum Gasteiger partial charge on any atom is 0.122 e. The van der Waals surface area contributed by atoms with E-state index in [2.05, 4.69) is 0 Å². The minimum absolute atomic E-state index is 0.128. The van der Waals surface area contributed by atoms with Crippen LogP contribution in [0, 0.1) is 5.92 Å². The van der Waals surface area contributed by atoms with Gasteiger partial charge in [0.1, 0.15) is 11.5 Å². The first-order valence-electron chi connectivity index (χ1n) is 6.42. The average molecular weight is 235 g/mol. The van der Waals surface area contributed by atoms with Crippen molar-refractivity contribution >= 4 is 0 Å². The summed E-state index contributed by atoms with van der Waals surface area (Å²) in [5.41, 5.74) is 6.56. The van der Waals surface area contributed by atoms with Gasteiger partial charge < -0.3 is 15.9 Å². The Kier molecular flexibility index (Phi) is 3.89. The first-order valence-corrected chi connectivity index (χ1v) is 6.42. The molecule has 0 saturated heterocycles. The second-order valence-electron chi connectivity index (χ2n) is 5.04. The standard InChI is InChI=1S/C14H21NO2/c15-8-7-10-1-3-11(4-2-10)13-6-5-12(16)9-14(13)17/h5-6,9-11,16-17H,1-4,7-8,15H2. The molecule has 0 aromatic heterocycles. The summed E-state index contributed by atoms with van der Waals surface area (Å²) in [4.78, 5) is 0. The molecule has 0 radical (unpaired) electrons. The fraction of sp³-hybridized carbons (Fsp3) is 0.571. The molecule has 0 unspecified atom stereocenters. The van der Waals surface area contributed by atoms with Gasteiger partial charge in [0, 0.05) is 6.07 Å². The molecular weight excluding hydrogens is 214 g/mol. The number of phenolic OH excluding ortho intramolecular Hbond substituents is 2. The zero-order valence-corrected chi connectivity index (χ0v) is 10.1. The van der Waals surface area contributed by atoms with Gasteiger partial charge in [-0.25, -0.2) is 0 Å². The SMILES string of the molecule is NCCC1CCC(c2ccc(O)cc2O)CC1. The molecule has 1 fully saturated rings. The van der Waals surface area contributed by atoms with E-state index >= 15 is 0 Å². The van der Waals surface area contributed by atoms with E-state index in [1.165, 1.54) is 18.9 Å². The van der Waals surface area contributed by atoms with E-state index in [0.29, 0.717) is 5.92 Å². The highest BCUT2D eigenvalue weighted by atomic mass is 16.3. The maximum atomic E-state index is 9.83. The smallest absolute Gasteiger partial charge is 0.122 e. The normalized spacial score (nSPS) is 24.8. The Morgan fingerprint density at radius 3 is 2.41 bits per heavy atom. The summed E-state index contributed by atoms with van der Waals surface area (Å²) in [5, 5.41) is 19.1. The van der Waals surface area contributed by atoms with Crippen LogP contribution >= 0.6 is 0 Å². The summed E-state index contributed by atoms with van der Waals surface area (Å²) in [6.45, 7) is 0.778. The van der Waals surface area contributed by atoms with E-state index in [9.17, 15) is 10.2 Å². The van der Waals surface area contributed by atoms with Gasteiger partial charge in [-0.3, -0.25) is 0 Å². The highest BCUT2D eigenvalue weighted by Crippen LogP contribution is 2.40. The Labute approximate surface area is 102 Å². The van der Waals surface area contributed by atoms with Gasteiger partial charge in [-0.2, -0.15) is 0 Å². The van der Waals surface area contributed by atoms with Crippen LogP contribution in [0.1, 0.15) is 43.6 Å². The molecule has 1 aromatic carbocycles. The number of hydrogen-bond acceptors (Lipinski definition) is 3. The van der Waals surface area contributed by atoms with Gasteiger partial charge in [0.2, 0.25) is 0 Å². The molecule has 0 heterocycles. The van der Waals surface area contributed by atoms with Gasteiger partial charge >= 0.3 is 0 Å². The molecule has 4 N–H and O–H groups in total. The number of hydrogen-bond donors (Lipinski definition) is 3. The van der Waals surface area contributed by atoms with Crippen molar-refractivity contribution in [3.63, 3.8) is 0 Å². The van der Waals surface area contributed by atoms with Crippen molar-refractivity contribution in [2.45, 2.75) is 38.0 Å². The number of phenols is 2. The van der Waals surface area contributed by atoms with Gasteiger partial charge in [-0.05, 0) is 62.1 Å².